The molecule has 0 radical (unpaired) electrons. The number of rotatable bonds is 7. The van der Waals surface area contributed by atoms with Gasteiger partial charge in [0.1, 0.15) is 24.7 Å². The van der Waals surface area contributed by atoms with Crippen molar-refractivity contribution in [1.29, 1.82) is 0 Å². The van der Waals surface area contributed by atoms with E-state index >= 15 is 0 Å². The highest BCUT2D eigenvalue weighted by Crippen LogP contribution is 2.34. The Balaban J connectivity index is 1.45. The van der Waals surface area contributed by atoms with E-state index in [1.807, 2.05) is 18.2 Å². The van der Waals surface area contributed by atoms with Gasteiger partial charge in [-0.25, -0.2) is 4.39 Å². The number of hydrogen-bond donors (Lipinski definition) is 1. The van der Waals surface area contributed by atoms with Gasteiger partial charge in [0.2, 0.25) is 5.91 Å². The molecule has 1 N–H and O–H groups in total. The standard InChI is InChI=1S/C25H18ClFN2O4S/c26-20-7-3-1-6-17(20)15-33-21-8-4-2-5-16(21)13-22-24(31)29(25(32)34-22)14-23(30)28-19-11-9-18(27)10-12-19/h1-13H,14-15H2,(H,28,30)/b22-13-. The lowest BCUT2D eigenvalue weighted by Gasteiger charge is -2.12. The number of anilines is 1. The molecule has 3 aromatic rings. The predicted molar refractivity (Wildman–Crippen MR) is 130 cm³/mol. The summed E-state index contributed by atoms with van der Waals surface area (Å²) in [7, 11) is 0. The van der Waals surface area contributed by atoms with E-state index < -0.39 is 29.4 Å². The van der Waals surface area contributed by atoms with Crippen molar-refractivity contribution in [2.45, 2.75) is 6.61 Å². The van der Waals surface area contributed by atoms with Crippen LogP contribution in [0, 0.1) is 5.82 Å². The van der Waals surface area contributed by atoms with Crippen LogP contribution in [0.1, 0.15) is 11.1 Å². The van der Waals surface area contributed by atoms with Gasteiger partial charge in [0.15, 0.2) is 0 Å². The third-order valence-corrected chi connectivity index (χ3v) is 6.13. The topological polar surface area (TPSA) is 75.7 Å². The van der Waals surface area contributed by atoms with Crippen LogP contribution >= 0.6 is 23.4 Å². The summed E-state index contributed by atoms with van der Waals surface area (Å²) in [6, 6.07) is 19.6. The zero-order chi connectivity index (χ0) is 24.1. The summed E-state index contributed by atoms with van der Waals surface area (Å²) in [4.78, 5) is 38.6. The number of nitrogens with zero attached hydrogens (tertiary/aromatic N) is 1. The number of amides is 3. The van der Waals surface area contributed by atoms with Gasteiger partial charge in [-0.2, -0.15) is 0 Å². The quantitative estimate of drug-likeness (QED) is 0.422. The molecule has 3 amide bonds. The average molecular weight is 497 g/mol. The van der Waals surface area contributed by atoms with Gasteiger partial charge < -0.3 is 10.1 Å². The van der Waals surface area contributed by atoms with E-state index in [1.54, 1.807) is 36.4 Å². The van der Waals surface area contributed by atoms with Crippen molar-refractivity contribution in [2.75, 3.05) is 11.9 Å². The Bertz CT molecular complexity index is 1280. The fraction of sp³-hybridized carbons (Fsp3) is 0.0800. The minimum Gasteiger partial charge on any atom is -0.488 e. The first-order chi connectivity index (χ1) is 16.4. The van der Waals surface area contributed by atoms with Crippen molar-refractivity contribution in [3.63, 3.8) is 0 Å². The highest BCUT2D eigenvalue weighted by atomic mass is 35.5. The maximum Gasteiger partial charge on any atom is 0.294 e. The van der Waals surface area contributed by atoms with Gasteiger partial charge in [0.25, 0.3) is 11.1 Å². The number of nitrogens with one attached hydrogen (secondary N) is 1. The molecule has 4 rings (SSSR count). The SMILES string of the molecule is O=C(CN1C(=O)S/C(=C\c2ccccc2OCc2ccccc2Cl)C1=O)Nc1ccc(F)cc1. The molecule has 6 nitrogen and oxygen atoms in total. The number of benzene rings is 3. The molecule has 1 saturated heterocycles. The lowest BCUT2D eigenvalue weighted by Crippen LogP contribution is -2.36. The molecule has 1 fully saturated rings. The molecule has 1 aliphatic rings. The number of carbonyl (C=O) groups is 3. The molecule has 1 heterocycles. The van der Waals surface area contributed by atoms with Gasteiger partial charge in [-0.3, -0.25) is 19.3 Å². The Morgan fingerprint density at radius 1 is 1.03 bits per heavy atom. The molecule has 0 saturated carbocycles. The molecule has 3 aromatic carbocycles. The molecule has 9 heteroatoms. The van der Waals surface area contributed by atoms with Crippen LogP contribution in [-0.2, 0) is 16.2 Å². The molecule has 0 spiro atoms. The van der Waals surface area contributed by atoms with E-state index in [0.29, 0.717) is 22.0 Å². The summed E-state index contributed by atoms with van der Waals surface area (Å²) in [6.45, 7) is -0.223. The Morgan fingerprint density at radius 3 is 2.50 bits per heavy atom. The smallest absolute Gasteiger partial charge is 0.294 e. The van der Waals surface area contributed by atoms with E-state index in [2.05, 4.69) is 5.32 Å². The van der Waals surface area contributed by atoms with Crippen molar-refractivity contribution >= 4 is 52.2 Å². The maximum atomic E-state index is 13.0. The summed E-state index contributed by atoms with van der Waals surface area (Å²) in [5, 5.41) is 2.56. The van der Waals surface area contributed by atoms with E-state index in [4.69, 9.17) is 16.3 Å². The largest absolute Gasteiger partial charge is 0.488 e. The Labute approximate surface area is 204 Å². The normalized spacial score (nSPS) is 14.5. The van der Waals surface area contributed by atoms with Gasteiger partial charge >= 0.3 is 0 Å². The number of para-hydroxylation sites is 1. The minimum atomic E-state index is -0.579. The first-order valence-electron chi connectivity index (χ1n) is 10.2. The summed E-state index contributed by atoms with van der Waals surface area (Å²) in [5.41, 5.74) is 1.78. The summed E-state index contributed by atoms with van der Waals surface area (Å²) in [5.74, 6) is -1.07. The van der Waals surface area contributed by atoms with Crippen LogP contribution < -0.4 is 10.1 Å². The van der Waals surface area contributed by atoms with Gasteiger partial charge in [-0.15, -0.1) is 0 Å². The van der Waals surface area contributed by atoms with Crippen LogP contribution in [0.15, 0.2) is 77.7 Å². The summed E-state index contributed by atoms with van der Waals surface area (Å²) in [6.07, 6.45) is 1.56. The van der Waals surface area contributed by atoms with E-state index in [9.17, 15) is 18.8 Å². The van der Waals surface area contributed by atoms with Crippen LogP contribution in [0.25, 0.3) is 6.08 Å². The fourth-order valence-corrected chi connectivity index (χ4v) is 4.18. The predicted octanol–water partition coefficient (Wildman–Crippen LogP) is 5.73. The second kappa shape index (κ2) is 10.5. The third-order valence-electron chi connectivity index (χ3n) is 4.85. The highest BCUT2D eigenvalue weighted by Gasteiger charge is 2.36. The van der Waals surface area contributed by atoms with E-state index in [-0.39, 0.29) is 11.5 Å². The average Bonchev–Trinajstić information content (AvgIpc) is 3.08. The van der Waals surface area contributed by atoms with Gasteiger partial charge in [0, 0.05) is 21.8 Å². The fourth-order valence-electron chi connectivity index (χ4n) is 3.16. The monoisotopic (exact) mass is 496 g/mol. The maximum absolute atomic E-state index is 13.0. The zero-order valence-corrected chi connectivity index (χ0v) is 19.2. The first-order valence-corrected chi connectivity index (χ1v) is 11.4. The molecule has 0 unspecified atom stereocenters. The Morgan fingerprint density at radius 2 is 1.74 bits per heavy atom. The second-order valence-corrected chi connectivity index (χ2v) is 8.64. The highest BCUT2D eigenvalue weighted by molar-refractivity contribution is 8.18. The van der Waals surface area contributed by atoms with Gasteiger partial charge in [0.05, 0.1) is 4.91 Å². The van der Waals surface area contributed by atoms with Gasteiger partial charge in [-0.1, -0.05) is 48.0 Å². The minimum absolute atomic E-state index is 0.174. The van der Waals surface area contributed by atoms with Crippen molar-refractivity contribution in [2.24, 2.45) is 0 Å². The number of imide groups is 1. The third kappa shape index (κ3) is 5.65. The molecule has 172 valence electrons. The number of ether oxygens (including phenoxy) is 1. The van der Waals surface area contributed by atoms with Crippen LogP contribution in [-0.4, -0.2) is 28.5 Å². The molecular weight excluding hydrogens is 479 g/mol. The number of halogens is 2. The van der Waals surface area contributed by atoms with E-state index in [1.165, 1.54) is 24.3 Å². The lowest BCUT2D eigenvalue weighted by molar-refractivity contribution is -0.127. The lowest BCUT2D eigenvalue weighted by atomic mass is 10.1. The van der Waals surface area contributed by atoms with Crippen LogP contribution in [0.3, 0.4) is 0 Å². The molecule has 0 atom stereocenters. The molecule has 0 aliphatic carbocycles. The molecule has 1 aliphatic heterocycles. The molecular formula is C25H18ClFN2O4S. The van der Waals surface area contributed by atoms with Crippen molar-refractivity contribution < 1.29 is 23.5 Å². The summed E-state index contributed by atoms with van der Waals surface area (Å²) >= 11 is 6.93. The Hall–Kier alpha value is -3.62. The molecule has 34 heavy (non-hydrogen) atoms. The summed E-state index contributed by atoms with van der Waals surface area (Å²) < 4.78 is 18.9. The second-order valence-electron chi connectivity index (χ2n) is 7.24. The molecule has 0 bridgehead atoms. The van der Waals surface area contributed by atoms with Crippen LogP contribution in [0.5, 0.6) is 5.75 Å². The van der Waals surface area contributed by atoms with Crippen molar-refractivity contribution in [3.8, 4) is 5.75 Å². The van der Waals surface area contributed by atoms with Crippen LogP contribution in [0.2, 0.25) is 5.02 Å². The van der Waals surface area contributed by atoms with Crippen LogP contribution in [0.4, 0.5) is 14.9 Å². The first kappa shape index (κ1) is 23.5. The van der Waals surface area contributed by atoms with E-state index in [0.717, 1.165) is 22.2 Å². The molecule has 0 aromatic heterocycles. The van der Waals surface area contributed by atoms with Crippen molar-refractivity contribution in [3.05, 3.63) is 99.7 Å². The number of thioether (sulfide) groups is 1. The van der Waals surface area contributed by atoms with Gasteiger partial charge in [-0.05, 0) is 54.2 Å². The Kier molecular flexibility index (Phi) is 7.30. The number of carbonyl (C=O) groups excluding carboxylic acids is 3. The number of hydrogen-bond acceptors (Lipinski definition) is 5. The zero-order valence-electron chi connectivity index (χ0n) is 17.7. The van der Waals surface area contributed by atoms with Crippen molar-refractivity contribution in [1.82, 2.24) is 4.90 Å².